The highest BCUT2D eigenvalue weighted by Crippen LogP contribution is 2.23. The number of benzene rings is 1. The van der Waals surface area contributed by atoms with E-state index in [2.05, 4.69) is 44.2 Å². The minimum atomic E-state index is -0.0248. The molecule has 0 aliphatic carbocycles. The number of likely N-dealkylation sites (N-methyl/N-ethyl adjacent to an activating group) is 1. The molecule has 0 bridgehead atoms. The number of halogens is 1. The summed E-state index contributed by atoms with van der Waals surface area (Å²) in [5.74, 6) is 1.12. The Bertz CT molecular complexity index is 382. The molecule has 2 unspecified atom stereocenters. The van der Waals surface area contributed by atoms with Gasteiger partial charge in [0.2, 0.25) is 0 Å². The standard InChI is InChI=1S/C15H25ClN2S/c1-12(10-19-4)18(3)15(2,11-17)9-13-5-7-14(16)8-6-13/h5-8,12H,9-11,17H2,1-4H3. The smallest absolute Gasteiger partial charge is 0.0406 e. The third-order valence-electron chi connectivity index (χ3n) is 3.86. The topological polar surface area (TPSA) is 29.3 Å². The minimum Gasteiger partial charge on any atom is -0.329 e. The van der Waals surface area contributed by atoms with Crippen LogP contribution in [0.4, 0.5) is 0 Å². The third-order valence-corrected chi connectivity index (χ3v) is 4.93. The maximum Gasteiger partial charge on any atom is 0.0406 e. The van der Waals surface area contributed by atoms with Crippen LogP contribution in [0, 0.1) is 0 Å². The van der Waals surface area contributed by atoms with Crippen molar-refractivity contribution < 1.29 is 0 Å². The molecule has 108 valence electrons. The van der Waals surface area contributed by atoms with Crippen LogP contribution in [0.15, 0.2) is 24.3 Å². The highest BCUT2D eigenvalue weighted by molar-refractivity contribution is 7.98. The van der Waals surface area contributed by atoms with Gasteiger partial charge in [-0.3, -0.25) is 4.90 Å². The fourth-order valence-electron chi connectivity index (χ4n) is 2.27. The van der Waals surface area contributed by atoms with E-state index < -0.39 is 0 Å². The second-order valence-corrected chi connectivity index (χ2v) is 6.77. The molecule has 0 fully saturated rings. The molecule has 0 aromatic heterocycles. The number of hydrogen-bond acceptors (Lipinski definition) is 3. The number of nitrogens with zero attached hydrogens (tertiary/aromatic N) is 1. The van der Waals surface area contributed by atoms with Crippen LogP contribution in [0.3, 0.4) is 0 Å². The fraction of sp³-hybridized carbons (Fsp3) is 0.600. The van der Waals surface area contributed by atoms with E-state index in [1.54, 1.807) is 0 Å². The summed E-state index contributed by atoms with van der Waals surface area (Å²) in [6.45, 7) is 5.13. The minimum absolute atomic E-state index is 0.0248. The first kappa shape index (κ1) is 16.8. The molecule has 2 atom stereocenters. The normalized spacial score (nSPS) is 16.4. The number of rotatable bonds is 7. The largest absolute Gasteiger partial charge is 0.329 e. The Balaban J connectivity index is 2.81. The molecule has 0 aliphatic heterocycles. The van der Waals surface area contributed by atoms with Crippen LogP contribution in [-0.2, 0) is 6.42 Å². The SMILES string of the molecule is CSCC(C)N(C)C(C)(CN)Cc1ccc(Cl)cc1. The highest BCUT2D eigenvalue weighted by Gasteiger charge is 2.30. The van der Waals surface area contributed by atoms with E-state index in [1.165, 1.54) is 5.56 Å². The van der Waals surface area contributed by atoms with Gasteiger partial charge in [-0.15, -0.1) is 0 Å². The van der Waals surface area contributed by atoms with Gasteiger partial charge in [-0.2, -0.15) is 11.8 Å². The lowest BCUT2D eigenvalue weighted by molar-refractivity contribution is 0.111. The van der Waals surface area contributed by atoms with E-state index in [4.69, 9.17) is 17.3 Å². The number of nitrogens with two attached hydrogens (primary N) is 1. The summed E-state index contributed by atoms with van der Waals surface area (Å²) in [7, 11) is 2.17. The summed E-state index contributed by atoms with van der Waals surface area (Å²) >= 11 is 7.81. The lowest BCUT2D eigenvalue weighted by Crippen LogP contribution is -2.55. The van der Waals surface area contributed by atoms with Crippen molar-refractivity contribution in [3.05, 3.63) is 34.9 Å². The van der Waals surface area contributed by atoms with E-state index in [-0.39, 0.29) is 5.54 Å². The van der Waals surface area contributed by atoms with Gasteiger partial charge < -0.3 is 5.73 Å². The van der Waals surface area contributed by atoms with Gasteiger partial charge in [-0.05, 0) is 51.3 Å². The Kier molecular flexibility index (Phi) is 6.67. The first-order chi connectivity index (χ1) is 8.92. The molecule has 2 N–H and O–H groups in total. The summed E-state index contributed by atoms with van der Waals surface area (Å²) in [5.41, 5.74) is 7.30. The van der Waals surface area contributed by atoms with Crippen LogP contribution >= 0.6 is 23.4 Å². The summed E-state index contributed by atoms with van der Waals surface area (Å²) < 4.78 is 0. The summed E-state index contributed by atoms with van der Waals surface area (Å²) in [4.78, 5) is 2.40. The van der Waals surface area contributed by atoms with E-state index in [1.807, 2.05) is 23.9 Å². The van der Waals surface area contributed by atoms with Crippen molar-refractivity contribution in [2.75, 3.05) is 25.6 Å². The molecule has 1 rings (SSSR count). The molecule has 0 radical (unpaired) electrons. The van der Waals surface area contributed by atoms with E-state index in [9.17, 15) is 0 Å². The number of hydrogen-bond donors (Lipinski definition) is 1. The van der Waals surface area contributed by atoms with Gasteiger partial charge in [0.15, 0.2) is 0 Å². The van der Waals surface area contributed by atoms with Crippen molar-refractivity contribution in [3.63, 3.8) is 0 Å². The van der Waals surface area contributed by atoms with Crippen molar-refractivity contribution >= 4 is 23.4 Å². The Morgan fingerprint density at radius 2 is 1.95 bits per heavy atom. The second-order valence-electron chi connectivity index (χ2n) is 5.42. The molecule has 1 aromatic carbocycles. The van der Waals surface area contributed by atoms with Crippen LogP contribution in [0.5, 0.6) is 0 Å². The van der Waals surface area contributed by atoms with Crippen LogP contribution in [-0.4, -0.2) is 42.1 Å². The first-order valence-corrected chi connectivity index (χ1v) is 8.36. The molecular formula is C15H25ClN2S. The molecule has 1 aromatic rings. The molecule has 2 nitrogen and oxygen atoms in total. The third kappa shape index (κ3) is 4.67. The Labute approximate surface area is 126 Å². The quantitative estimate of drug-likeness (QED) is 0.838. The van der Waals surface area contributed by atoms with Gasteiger partial charge in [0, 0.05) is 28.9 Å². The van der Waals surface area contributed by atoms with Crippen molar-refractivity contribution in [2.45, 2.75) is 31.8 Å². The van der Waals surface area contributed by atoms with Crippen molar-refractivity contribution in [2.24, 2.45) is 5.73 Å². The average Bonchev–Trinajstić information content (AvgIpc) is 2.40. The zero-order valence-electron chi connectivity index (χ0n) is 12.3. The van der Waals surface area contributed by atoms with Crippen LogP contribution < -0.4 is 5.73 Å². The maximum atomic E-state index is 6.05. The summed E-state index contributed by atoms with van der Waals surface area (Å²) in [6.07, 6.45) is 3.08. The zero-order chi connectivity index (χ0) is 14.5. The van der Waals surface area contributed by atoms with E-state index >= 15 is 0 Å². The monoisotopic (exact) mass is 300 g/mol. The maximum absolute atomic E-state index is 6.05. The van der Waals surface area contributed by atoms with Gasteiger partial charge in [0.05, 0.1) is 0 Å². The van der Waals surface area contributed by atoms with E-state index in [0.717, 1.165) is 17.2 Å². The molecule has 0 heterocycles. The molecule has 0 amide bonds. The predicted octanol–water partition coefficient (Wildman–Crippen LogP) is 3.28. The first-order valence-electron chi connectivity index (χ1n) is 6.59. The Hall–Kier alpha value is -0.220. The molecular weight excluding hydrogens is 276 g/mol. The summed E-state index contributed by atoms with van der Waals surface area (Å²) in [6, 6.07) is 8.57. The Morgan fingerprint density at radius 3 is 2.42 bits per heavy atom. The molecule has 19 heavy (non-hydrogen) atoms. The van der Waals surface area contributed by atoms with Crippen LogP contribution in [0.25, 0.3) is 0 Å². The predicted molar refractivity (Wildman–Crippen MR) is 88.2 cm³/mol. The van der Waals surface area contributed by atoms with E-state index in [0.29, 0.717) is 12.6 Å². The molecule has 0 aliphatic rings. The molecule has 0 spiro atoms. The molecule has 4 heteroatoms. The van der Waals surface area contributed by atoms with Crippen molar-refractivity contribution in [3.8, 4) is 0 Å². The van der Waals surface area contributed by atoms with Gasteiger partial charge in [0.25, 0.3) is 0 Å². The average molecular weight is 301 g/mol. The van der Waals surface area contributed by atoms with Crippen LogP contribution in [0.1, 0.15) is 19.4 Å². The summed E-state index contributed by atoms with van der Waals surface area (Å²) in [5, 5.41) is 0.780. The second kappa shape index (κ2) is 7.53. The lowest BCUT2D eigenvalue weighted by atomic mass is 9.90. The van der Waals surface area contributed by atoms with Crippen molar-refractivity contribution in [1.82, 2.24) is 4.90 Å². The Morgan fingerprint density at radius 1 is 1.37 bits per heavy atom. The van der Waals surface area contributed by atoms with Gasteiger partial charge in [-0.25, -0.2) is 0 Å². The van der Waals surface area contributed by atoms with Crippen LogP contribution in [0.2, 0.25) is 5.02 Å². The van der Waals surface area contributed by atoms with Gasteiger partial charge >= 0.3 is 0 Å². The zero-order valence-corrected chi connectivity index (χ0v) is 13.9. The van der Waals surface area contributed by atoms with Crippen molar-refractivity contribution in [1.29, 1.82) is 0 Å². The highest BCUT2D eigenvalue weighted by atomic mass is 35.5. The number of thioether (sulfide) groups is 1. The lowest BCUT2D eigenvalue weighted by Gasteiger charge is -2.42. The molecule has 0 saturated heterocycles. The van der Waals surface area contributed by atoms with Gasteiger partial charge in [-0.1, -0.05) is 23.7 Å². The molecule has 0 saturated carbocycles. The van der Waals surface area contributed by atoms with Gasteiger partial charge in [0.1, 0.15) is 0 Å². The fourth-order valence-corrected chi connectivity index (χ4v) is 3.10.